The Morgan fingerprint density at radius 2 is 1.81 bits per heavy atom. The van der Waals surface area contributed by atoms with Gasteiger partial charge in [-0.25, -0.2) is 0 Å². The Labute approximate surface area is 99.5 Å². The number of rotatable bonds is 3. The smallest absolute Gasteiger partial charge is 0.00219 e. The van der Waals surface area contributed by atoms with Crippen molar-refractivity contribution >= 4 is 0 Å². The largest absolute Gasteiger partial charge is 0.303 e. The van der Waals surface area contributed by atoms with E-state index >= 15 is 0 Å². The van der Waals surface area contributed by atoms with E-state index in [2.05, 4.69) is 36.1 Å². The Morgan fingerprint density at radius 3 is 2.56 bits per heavy atom. The summed E-state index contributed by atoms with van der Waals surface area (Å²) in [4.78, 5) is 2.64. The Bertz CT molecular complexity index is 319. The third kappa shape index (κ3) is 3.08. The first-order valence-corrected chi connectivity index (χ1v) is 6.69. The molecule has 0 radical (unpaired) electrons. The quantitative estimate of drug-likeness (QED) is 0.751. The SMILES string of the molecule is CCCCN1CCCc2ccccc2CC1. The van der Waals surface area contributed by atoms with Gasteiger partial charge in [-0.1, -0.05) is 37.6 Å². The summed E-state index contributed by atoms with van der Waals surface area (Å²) in [5.74, 6) is 0. The van der Waals surface area contributed by atoms with E-state index in [1.54, 1.807) is 11.1 Å². The van der Waals surface area contributed by atoms with E-state index in [4.69, 9.17) is 0 Å². The molecule has 1 aliphatic heterocycles. The molecule has 16 heavy (non-hydrogen) atoms. The number of hydrogen-bond acceptors (Lipinski definition) is 1. The molecule has 0 aliphatic carbocycles. The van der Waals surface area contributed by atoms with E-state index in [1.807, 2.05) is 0 Å². The van der Waals surface area contributed by atoms with Gasteiger partial charge >= 0.3 is 0 Å². The lowest BCUT2D eigenvalue weighted by Crippen LogP contribution is -2.30. The third-order valence-electron chi connectivity index (χ3n) is 3.56. The summed E-state index contributed by atoms with van der Waals surface area (Å²) in [6.45, 7) is 6.10. The van der Waals surface area contributed by atoms with Crippen LogP contribution in [0.15, 0.2) is 24.3 Å². The highest BCUT2D eigenvalue weighted by atomic mass is 15.1. The van der Waals surface area contributed by atoms with Crippen molar-refractivity contribution in [1.82, 2.24) is 4.90 Å². The standard InChI is InChI=1S/C15H23N/c1-2-3-11-16-12-6-9-14-7-4-5-8-15(14)10-13-16/h4-5,7-8H,2-3,6,9-13H2,1H3. The molecule has 1 heteroatoms. The molecule has 0 saturated carbocycles. The molecule has 0 atom stereocenters. The van der Waals surface area contributed by atoms with E-state index in [1.165, 1.54) is 51.7 Å². The fourth-order valence-electron chi connectivity index (χ4n) is 2.53. The Kier molecular flexibility index (Phi) is 4.41. The summed E-state index contributed by atoms with van der Waals surface area (Å²) in [7, 11) is 0. The Hall–Kier alpha value is -0.820. The van der Waals surface area contributed by atoms with Gasteiger partial charge in [-0.3, -0.25) is 0 Å². The van der Waals surface area contributed by atoms with E-state index < -0.39 is 0 Å². The molecule has 1 heterocycles. The highest BCUT2D eigenvalue weighted by molar-refractivity contribution is 5.27. The van der Waals surface area contributed by atoms with Crippen molar-refractivity contribution in [2.24, 2.45) is 0 Å². The summed E-state index contributed by atoms with van der Waals surface area (Å²) in [6, 6.07) is 8.96. The molecule has 0 unspecified atom stereocenters. The summed E-state index contributed by atoms with van der Waals surface area (Å²) in [5.41, 5.74) is 3.15. The molecule has 2 rings (SSSR count). The number of unbranched alkanes of at least 4 members (excludes halogenated alkanes) is 1. The van der Waals surface area contributed by atoms with E-state index in [0.717, 1.165) is 0 Å². The van der Waals surface area contributed by atoms with Crippen LogP contribution in [0.3, 0.4) is 0 Å². The lowest BCUT2D eigenvalue weighted by atomic mass is 9.98. The van der Waals surface area contributed by atoms with Gasteiger partial charge in [0.15, 0.2) is 0 Å². The summed E-state index contributed by atoms with van der Waals surface area (Å²) in [6.07, 6.45) is 6.48. The van der Waals surface area contributed by atoms with Crippen molar-refractivity contribution in [1.29, 1.82) is 0 Å². The molecule has 88 valence electrons. The van der Waals surface area contributed by atoms with Crippen molar-refractivity contribution in [2.75, 3.05) is 19.6 Å². The Morgan fingerprint density at radius 1 is 1.06 bits per heavy atom. The maximum Gasteiger partial charge on any atom is 0.00219 e. The normalized spacial score (nSPS) is 17.6. The number of fused-ring (bicyclic) bond motifs is 1. The molecule has 0 amide bonds. The molecule has 1 aromatic carbocycles. The van der Waals surface area contributed by atoms with Crippen molar-refractivity contribution in [2.45, 2.75) is 39.0 Å². The summed E-state index contributed by atoms with van der Waals surface area (Å²) in [5, 5.41) is 0. The molecule has 0 saturated heterocycles. The predicted octanol–water partition coefficient (Wildman–Crippen LogP) is 3.28. The monoisotopic (exact) mass is 217 g/mol. The van der Waals surface area contributed by atoms with Crippen LogP contribution >= 0.6 is 0 Å². The van der Waals surface area contributed by atoms with Crippen LogP contribution in [-0.4, -0.2) is 24.5 Å². The maximum atomic E-state index is 2.64. The number of nitrogens with zero attached hydrogens (tertiary/aromatic N) is 1. The van der Waals surface area contributed by atoms with Gasteiger partial charge in [-0.15, -0.1) is 0 Å². The second-order valence-corrected chi connectivity index (χ2v) is 4.82. The summed E-state index contributed by atoms with van der Waals surface area (Å²) >= 11 is 0. The van der Waals surface area contributed by atoms with Gasteiger partial charge in [0.25, 0.3) is 0 Å². The first-order chi connectivity index (χ1) is 7.90. The average molecular weight is 217 g/mol. The van der Waals surface area contributed by atoms with E-state index in [0.29, 0.717) is 0 Å². The predicted molar refractivity (Wildman–Crippen MR) is 69.8 cm³/mol. The minimum atomic E-state index is 1.24. The van der Waals surface area contributed by atoms with Gasteiger partial charge in [0.2, 0.25) is 0 Å². The van der Waals surface area contributed by atoms with Gasteiger partial charge < -0.3 is 4.90 Å². The fraction of sp³-hybridized carbons (Fsp3) is 0.600. The molecule has 0 aromatic heterocycles. The number of aryl methyl sites for hydroxylation is 1. The zero-order valence-corrected chi connectivity index (χ0v) is 10.4. The lowest BCUT2D eigenvalue weighted by Gasteiger charge is -2.25. The van der Waals surface area contributed by atoms with Gasteiger partial charge in [0.05, 0.1) is 0 Å². The molecule has 0 fully saturated rings. The van der Waals surface area contributed by atoms with Crippen LogP contribution in [0.2, 0.25) is 0 Å². The van der Waals surface area contributed by atoms with Crippen LogP contribution < -0.4 is 0 Å². The minimum absolute atomic E-state index is 1.24. The molecule has 0 bridgehead atoms. The van der Waals surface area contributed by atoms with Gasteiger partial charge in [-0.2, -0.15) is 0 Å². The topological polar surface area (TPSA) is 3.24 Å². The molecular formula is C15H23N. The first kappa shape index (κ1) is 11.7. The van der Waals surface area contributed by atoms with E-state index in [9.17, 15) is 0 Å². The van der Waals surface area contributed by atoms with Crippen LogP contribution in [0.25, 0.3) is 0 Å². The van der Waals surface area contributed by atoms with Crippen molar-refractivity contribution in [3.05, 3.63) is 35.4 Å². The third-order valence-corrected chi connectivity index (χ3v) is 3.56. The highest BCUT2D eigenvalue weighted by Gasteiger charge is 2.10. The highest BCUT2D eigenvalue weighted by Crippen LogP contribution is 2.15. The zero-order valence-electron chi connectivity index (χ0n) is 10.4. The van der Waals surface area contributed by atoms with Crippen LogP contribution in [0.5, 0.6) is 0 Å². The maximum absolute atomic E-state index is 2.64. The van der Waals surface area contributed by atoms with Crippen molar-refractivity contribution in [3.63, 3.8) is 0 Å². The van der Waals surface area contributed by atoms with Gasteiger partial charge in [0.1, 0.15) is 0 Å². The molecule has 0 N–H and O–H groups in total. The van der Waals surface area contributed by atoms with Crippen LogP contribution in [0.4, 0.5) is 0 Å². The first-order valence-electron chi connectivity index (χ1n) is 6.69. The lowest BCUT2D eigenvalue weighted by molar-refractivity contribution is 0.265. The number of hydrogen-bond donors (Lipinski definition) is 0. The van der Waals surface area contributed by atoms with Crippen LogP contribution in [0, 0.1) is 0 Å². The molecule has 0 spiro atoms. The second-order valence-electron chi connectivity index (χ2n) is 4.82. The number of benzene rings is 1. The van der Waals surface area contributed by atoms with Crippen molar-refractivity contribution < 1.29 is 0 Å². The van der Waals surface area contributed by atoms with Crippen LogP contribution in [0.1, 0.15) is 37.3 Å². The molecule has 1 nitrogen and oxygen atoms in total. The Balaban J connectivity index is 1.96. The van der Waals surface area contributed by atoms with Crippen LogP contribution in [-0.2, 0) is 12.8 Å². The molecule has 1 aromatic rings. The second kappa shape index (κ2) is 6.05. The molecular weight excluding hydrogens is 194 g/mol. The van der Waals surface area contributed by atoms with Gasteiger partial charge in [0, 0.05) is 6.54 Å². The fourth-order valence-corrected chi connectivity index (χ4v) is 2.53. The van der Waals surface area contributed by atoms with E-state index in [-0.39, 0.29) is 0 Å². The molecule has 1 aliphatic rings. The van der Waals surface area contributed by atoms with Gasteiger partial charge in [-0.05, 0) is 49.9 Å². The minimum Gasteiger partial charge on any atom is -0.303 e. The zero-order chi connectivity index (χ0) is 11.2. The summed E-state index contributed by atoms with van der Waals surface area (Å²) < 4.78 is 0. The van der Waals surface area contributed by atoms with Crippen molar-refractivity contribution in [3.8, 4) is 0 Å². The average Bonchev–Trinajstić information content (AvgIpc) is 2.29.